The smallest absolute Gasteiger partial charge is 0.402 e. The molecule has 0 radical (unpaired) electrons. The second-order valence-electron chi connectivity index (χ2n) is 3.68. The van der Waals surface area contributed by atoms with Crippen LogP contribution in [0.15, 0.2) is 0 Å². The molecule has 0 bridgehead atoms. The summed E-state index contributed by atoms with van der Waals surface area (Å²) in [6.07, 6.45) is 0. The zero-order chi connectivity index (χ0) is 14.4. The molecule has 0 saturated carbocycles. The third-order valence-electron chi connectivity index (χ3n) is 2.53. The van der Waals surface area contributed by atoms with Crippen LogP contribution in [0, 0.1) is 0 Å². The molecule has 114 valence electrons. The van der Waals surface area contributed by atoms with Crippen LogP contribution in [-0.2, 0) is 13.7 Å². The van der Waals surface area contributed by atoms with E-state index in [-0.39, 0.29) is 18.6 Å². The molecule has 1 aliphatic rings. The van der Waals surface area contributed by atoms with Gasteiger partial charge in [0.1, 0.15) is 5.40 Å². The van der Waals surface area contributed by atoms with Crippen molar-refractivity contribution in [3.63, 3.8) is 0 Å². The van der Waals surface area contributed by atoms with E-state index in [4.69, 9.17) is 19.6 Å². The highest BCUT2D eigenvalue weighted by molar-refractivity contribution is 8.32. The number of nitrogens with one attached hydrogen (secondary N) is 1. The van der Waals surface area contributed by atoms with E-state index in [9.17, 15) is 18.5 Å². The monoisotopic (exact) mass is 340 g/mol. The van der Waals surface area contributed by atoms with Crippen molar-refractivity contribution >= 4 is 27.9 Å². The highest BCUT2D eigenvalue weighted by atomic mass is 32.1. The van der Waals surface area contributed by atoms with Crippen LogP contribution < -0.4 is 5.32 Å². The maximum Gasteiger partial charge on any atom is 0.402 e. The first-order valence-corrected chi connectivity index (χ1v) is 10.4. The number of amides is 2. The van der Waals surface area contributed by atoms with Gasteiger partial charge in [-0.15, -0.1) is 0 Å². The standard InChI is InChI=1S/C5H13N2O8P3.H2O/c1-4(17(10,11)12)16(9,18(13,14)15)7-3-2-6-5(7)8;/h4H,2-3H2,1H3,(H,6,8)(H2,10,11,12)(H2,13,14,15);1H2. The lowest BCUT2D eigenvalue weighted by Gasteiger charge is -2.31. The first-order chi connectivity index (χ1) is 7.92. The quantitative estimate of drug-likeness (QED) is 0.405. The van der Waals surface area contributed by atoms with Crippen molar-refractivity contribution in [3.8, 4) is 0 Å². The average Bonchev–Trinajstić information content (AvgIpc) is 2.59. The number of nitrogens with zero attached hydrogens (tertiary/aromatic N) is 1. The van der Waals surface area contributed by atoms with Gasteiger partial charge < -0.3 is 30.4 Å². The van der Waals surface area contributed by atoms with E-state index in [2.05, 4.69) is 5.32 Å². The van der Waals surface area contributed by atoms with Crippen molar-refractivity contribution in [2.24, 2.45) is 0 Å². The summed E-state index contributed by atoms with van der Waals surface area (Å²) in [5.74, 6) is 0. The van der Waals surface area contributed by atoms with Gasteiger partial charge in [-0.25, -0.2) is 4.79 Å². The minimum atomic E-state index is -5.40. The van der Waals surface area contributed by atoms with E-state index < -0.39 is 33.3 Å². The van der Waals surface area contributed by atoms with Gasteiger partial charge in [0.05, 0.1) is 0 Å². The van der Waals surface area contributed by atoms with E-state index in [1.165, 1.54) is 0 Å². The number of urea groups is 1. The summed E-state index contributed by atoms with van der Waals surface area (Å²) in [6, 6.07) is -1.01. The normalized spacial score (nSPS) is 21.3. The molecule has 0 spiro atoms. The fourth-order valence-electron chi connectivity index (χ4n) is 1.49. The maximum atomic E-state index is 12.4. The van der Waals surface area contributed by atoms with Crippen molar-refractivity contribution in [1.82, 2.24) is 9.99 Å². The lowest BCUT2D eigenvalue weighted by Crippen LogP contribution is -2.29. The van der Waals surface area contributed by atoms with Crippen LogP contribution >= 0.6 is 21.9 Å². The Morgan fingerprint density at radius 2 is 1.68 bits per heavy atom. The minimum absolute atomic E-state index is 0. The van der Waals surface area contributed by atoms with E-state index >= 15 is 0 Å². The van der Waals surface area contributed by atoms with Gasteiger partial charge in [0.2, 0.25) is 0 Å². The molecule has 19 heavy (non-hydrogen) atoms. The number of hydrogen-bond acceptors (Lipinski definition) is 4. The molecule has 0 aromatic heterocycles. The molecule has 2 atom stereocenters. The Bertz CT molecular complexity index is 488. The summed E-state index contributed by atoms with van der Waals surface area (Å²) in [6.45, 7) is -4.43. The predicted octanol–water partition coefficient (Wildman–Crippen LogP) is -0.919. The molecule has 1 aliphatic heterocycles. The van der Waals surface area contributed by atoms with Crippen LogP contribution in [0.4, 0.5) is 4.79 Å². The minimum Gasteiger partial charge on any atom is -0.412 e. The van der Waals surface area contributed by atoms with Crippen LogP contribution in [0.1, 0.15) is 6.92 Å². The van der Waals surface area contributed by atoms with Crippen molar-refractivity contribution < 1.29 is 43.5 Å². The van der Waals surface area contributed by atoms with E-state index in [0.717, 1.165) is 6.92 Å². The van der Waals surface area contributed by atoms with Gasteiger partial charge in [0.15, 0.2) is 0 Å². The summed E-state index contributed by atoms with van der Waals surface area (Å²) in [7, 11) is -10.4. The van der Waals surface area contributed by atoms with E-state index in [0.29, 0.717) is 4.67 Å². The average molecular weight is 340 g/mol. The van der Waals surface area contributed by atoms with E-state index in [1.807, 2.05) is 0 Å². The maximum absolute atomic E-state index is 12.4. The first-order valence-electron chi connectivity index (χ1n) is 4.69. The van der Waals surface area contributed by atoms with Crippen LogP contribution in [0.2, 0.25) is 0 Å². The van der Waals surface area contributed by atoms with Crippen LogP contribution in [-0.4, -0.2) is 54.2 Å². The molecule has 1 fully saturated rings. The van der Waals surface area contributed by atoms with Crippen molar-refractivity contribution in [3.05, 3.63) is 0 Å². The summed E-state index contributed by atoms with van der Waals surface area (Å²) in [5.41, 5.74) is 0. The molecular weight excluding hydrogens is 325 g/mol. The molecule has 7 N–H and O–H groups in total. The fraction of sp³-hybridized carbons (Fsp3) is 0.800. The van der Waals surface area contributed by atoms with Gasteiger partial charge in [-0.2, -0.15) is 0 Å². The molecule has 1 rings (SSSR count). The largest absolute Gasteiger partial charge is 0.412 e. The van der Waals surface area contributed by atoms with Gasteiger partial charge >= 0.3 is 20.9 Å². The Balaban J connectivity index is 0.00000324. The molecule has 0 aliphatic carbocycles. The molecule has 1 heterocycles. The van der Waals surface area contributed by atoms with E-state index in [1.54, 1.807) is 0 Å². The molecular formula is C5H15N2O9P3. The zero-order valence-electron chi connectivity index (χ0n) is 9.70. The molecule has 2 amide bonds. The Morgan fingerprint density at radius 1 is 1.21 bits per heavy atom. The van der Waals surface area contributed by atoms with Gasteiger partial charge in [0, 0.05) is 13.1 Å². The summed E-state index contributed by atoms with van der Waals surface area (Å²) >= 11 is 0. The summed E-state index contributed by atoms with van der Waals surface area (Å²) in [4.78, 5) is 47.5. The third kappa shape index (κ3) is 3.26. The molecule has 1 saturated heterocycles. The first kappa shape index (κ1) is 18.8. The molecule has 2 unspecified atom stereocenters. The number of carbonyl (C=O) groups is 1. The molecule has 14 heteroatoms. The zero-order valence-corrected chi connectivity index (χ0v) is 12.4. The Labute approximate surface area is 107 Å². The van der Waals surface area contributed by atoms with Crippen LogP contribution in [0.25, 0.3) is 0 Å². The predicted molar refractivity (Wildman–Crippen MR) is 64.9 cm³/mol. The SMILES string of the molecule is CC(P(=O)(O)O)P(=O)(N1CCNC1=O)P(=O)(O)O.O. The molecule has 11 nitrogen and oxygen atoms in total. The lowest BCUT2D eigenvalue weighted by molar-refractivity contribution is 0.235. The highest BCUT2D eigenvalue weighted by Gasteiger charge is 2.59. The van der Waals surface area contributed by atoms with Crippen LogP contribution in [0.3, 0.4) is 0 Å². The lowest BCUT2D eigenvalue weighted by atomic mass is 10.7. The second kappa shape index (κ2) is 5.63. The number of rotatable bonds is 4. The molecule has 0 aromatic carbocycles. The van der Waals surface area contributed by atoms with Gasteiger partial charge in [-0.05, 0) is 6.92 Å². The summed E-state index contributed by atoms with van der Waals surface area (Å²) < 4.78 is 35.2. The van der Waals surface area contributed by atoms with Gasteiger partial charge in [0.25, 0.3) is 6.98 Å². The number of carbonyl (C=O) groups excluding carboxylic acids is 1. The summed E-state index contributed by atoms with van der Waals surface area (Å²) in [5, 5.41) is 0.0422. The topological polar surface area (TPSA) is 196 Å². The Kier molecular flexibility index (Phi) is 5.56. The van der Waals surface area contributed by atoms with Crippen LogP contribution in [0.5, 0.6) is 0 Å². The Hall–Kier alpha value is -0.240. The van der Waals surface area contributed by atoms with Gasteiger partial charge in [-0.1, -0.05) is 0 Å². The number of hydrogen-bond donors (Lipinski definition) is 5. The third-order valence-corrected chi connectivity index (χ3v) is 12.6. The fourth-order valence-corrected chi connectivity index (χ4v) is 10.4. The molecule has 0 aromatic rings. The Morgan fingerprint density at radius 3 is 1.95 bits per heavy atom. The van der Waals surface area contributed by atoms with Crippen molar-refractivity contribution in [2.75, 3.05) is 13.1 Å². The van der Waals surface area contributed by atoms with Gasteiger partial charge in [-0.3, -0.25) is 18.4 Å². The van der Waals surface area contributed by atoms with Crippen molar-refractivity contribution in [1.29, 1.82) is 0 Å². The highest BCUT2D eigenvalue weighted by Crippen LogP contribution is 2.85. The van der Waals surface area contributed by atoms with Crippen molar-refractivity contribution in [2.45, 2.75) is 12.3 Å². The second-order valence-corrected chi connectivity index (χ2v) is 12.8.